The summed E-state index contributed by atoms with van der Waals surface area (Å²) in [4.78, 5) is 13.4. The lowest BCUT2D eigenvalue weighted by atomic mass is 10.0. The Balaban J connectivity index is 1.80. The van der Waals surface area contributed by atoms with Gasteiger partial charge in [-0.15, -0.1) is 10.2 Å². The summed E-state index contributed by atoms with van der Waals surface area (Å²) in [6, 6.07) is 5.52. The molecule has 0 bridgehead atoms. The van der Waals surface area contributed by atoms with Gasteiger partial charge in [0.2, 0.25) is 0 Å². The van der Waals surface area contributed by atoms with Crippen molar-refractivity contribution in [1.82, 2.24) is 20.2 Å². The third-order valence-electron chi connectivity index (χ3n) is 2.88. The number of tetrazole rings is 1. The fraction of sp³-hybridized carbons (Fsp3) is 0.333. The van der Waals surface area contributed by atoms with Gasteiger partial charge in [-0.3, -0.25) is 4.79 Å². The molecule has 0 amide bonds. The molecule has 1 aliphatic rings. The Bertz CT molecular complexity index is 606. The van der Waals surface area contributed by atoms with Gasteiger partial charge in [0.05, 0.1) is 20.1 Å². The summed E-state index contributed by atoms with van der Waals surface area (Å²) < 4.78 is 5.41. The molecule has 0 spiro atoms. The first-order chi connectivity index (χ1) is 8.72. The van der Waals surface area contributed by atoms with Gasteiger partial charge in [-0.1, -0.05) is 0 Å². The van der Waals surface area contributed by atoms with Crippen molar-refractivity contribution in [2.45, 2.75) is 12.8 Å². The van der Waals surface area contributed by atoms with E-state index in [0.717, 1.165) is 17.7 Å². The minimum Gasteiger partial charge on any atom is -0.493 e. The predicted octanol–water partition coefficient (Wildman–Crippen LogP) is 0.570. The zero-order valence-electron chi connectivity index (χ0n) is 9.96. The van der Waals surface area contributed by atoms with E-state index >= 15 is 0 Å². The van der Waals surface area contributed by atoms with Crippen LogP contribution in [0.4, 0.5) is 0 Å². The molecule has 0 fully saturated rings. The fourth-order valence-corrected chi connectivity index (χ4v) is 2.00. The summed E-state index contributed by atoms with van der Waals surface area (Å²) >= 11 is 0. The van der Waals surface area contributed by atoms with Gasteiger partial charge in [-0.2, -0.15) is 4.80 Å². The first-order valence-electron chi connectivity index (χ1n) is 5.74. The smallest absolute Gasteiger partial charge is 0.182 e. The molecule has 0 aliphatic carbocycles. The molecule has 18 heavy (non-hydrogen) atoms. The van der Waals surface area contributed by atoms with E-state index in [2.05, 4.69) is 15.4 Å². The molecule has 2 heterocycles. The van der Waals surface area contributed by atoms with E-state index < -0.39 is 0 Å². The Kier molecular flexibility index (Phi) is 2.55. The van der Waals surface area contributed by atoms with E-state index in [4.69, 9.17) is 4.74 Å². The minimum absolute atomic E-state index is 0.00213. The van der Waals surface area contributed by atoms with Crippen LogP contribution >= 0.6 is 0 Å². The van der Waals surface area contributed by atoms with Crippen molar-refractivity contribution in [2.75, 3.05) is 6.61 Å². The molecule has 0 atom stereocenters. The third kappa shape index (κ3) is 1.97. The number of benzene rings is 1. The van der Waals surface area contributed by atoms with Crippen molar-refractivity contribution >= 4 is 5.78 Å². The van der Waals surface area contributed by atoms with Crippen LogP contribution in [0.3, 0.4) is 0 Å². The Morgan fingerprint density at radius 2 is 2.39 bits per heavy atom. The van der Waals surface area contributed by atoms with Crippen LogP contribution in [-0.2, 0) is 19.9 Å². The molecule has 2 aromatic rings. The molecular weight excluding hydrogens is 232 g/mol. The highest BCUT2D eigenvalue weighted by molar-refractivity contribution is 5.97. The van der Waals surface area contributed by atoms with Crippen LogP contribution in [0.2, 0.25) is 0 Å². The largest absolute Gasteiger partial charge is 0.493 e. The number of rotatable bonds is 3. The molecule has 1 aromatic carbocycles. The van der Waals surface area contributed by atoms with Gasteiger partial charge in [0, 0.05) is 12.0 Å². The lowest BCUT2D eigenvalue weighted by molar-refractivity contribution is 0.0990. The van der Waals surface area contributed by atoms with Crippen molar-refractivity contribution < 1.29 is 9.53 Å². The maximum absolute atomic E-state index is 12.1. The second kappa shape index (κ2) is 4.21. The highest BCUT2D eigenvalue weighted by Crippen LogP contribution is 2.26. The van der Waals surface area contributed by atoms with Crippen molar-refractivity contribution in [1.29, 1.82) is 0 Å². The number of ether oxygens (including phenoxy) is 1. The molecule has 6 heteroatoms. The molecule has 92 valence electrons. The van der Waals surface area contributed by atoms with E-state index in [0.29, 0.717) is 18.0 Å². The molecule has 0 radical (unpaired) electrons. The van der Waals surface area contributed by atoms with E-state index in [1.807, 2.05) is 12.1 Å². The van der Waals surface area contributed by atoms with E-state index in [1.165, 1.54) is 4.80 Å². The molecule has 1 aromatic heterocycles. The van der Waals surface area contributed by atoms with Crippen LogP contribution in [0.15, 0.2) is 18.2 Å². The van der Waals surface area contributed by atoms with Crippen LogP contribution < -0.4 is 4.74 Å². The van der Waals surface area contributed by atoms with Crippen molar-refractivity contribution in [3.05, 3.63) is 35.2 Å². The lowest BCUT2D eigenvalue weighted by Crippen LogP contribution is -2.06. The average Bonchev–Trinajstić information content (AvgIpc) is 2.96. The van der Waals surface area contributed by atoms with Crippen LogP contribution in [0, 0.1) is 0 Å². The SMILES string of the molecule is Cn1nnc(CC(=O)c2ccc3c(c2)CCO3)n1. The summed E-state index contributed by atoms with van der Waals surface area (Å²) in [5.74, 6) is 1.32. The van der Waals surface area contributed by atoms with Gasteiger partial charge in [0.1, 0.15) is 5.75 Å². The summed E-state index contributed by atoms with van der Waals surface area (Å²) in [6.07, 6.45) is 1.04. The maximum atomic E-state index is 12.1. The second-order valence-electron chi connectivity index (χ2n) is 4.22. The summed E-state index contributed by atoms with van der Waals surface area (Å²) in [7, 11) is 1.67. The number of carbonyl (C=O) groups is 1. The Labute approximate surface area is 104 Å². The molecule has 0 saturated heterocycles. The van der Waals surface area contributed by atoms with Crippen LogP contribution in [0.1, 0.15) is 21.7 Å². The van der Waals surface area contributed by atoms with Crippen molar-refractivity contribution in [3.63, 3.8) is 0 Å². The van der Waals surface area contributed by atoms with Gasteiger partial charge < -0.3 is 4.74 Å². The van der Waals surface area contributed by atoms with E-state index in [-0.39, 0.29) is 12.2 Å². The molecule has 0 saturated carbocycles. The van der Waals surface area contributed by atoms with Crippen molar-refractivity contribution in [2.24, 2.45) is 7.05 Å². The topological polar surface area (TPSA) is 69.9 Å². The van der Waals surface area contributed by atoms with E-state index in [1.54, 1.807) is 13.1 Å². The molecular formula is C12H12N4O2. The Morgan fingerprint density at radius 3 is 3.17 bits per heavy atom. The number of hydrogen-bond acceptors (Lipinski definition) is 5. The summed E-state index contributed by atoms with van der Waals surface area (Å²) in [5, 5.41) is 11.5. The van der Waals surface area contributed by atoms with Crippen LogP contribution in [-0.4, -0.2) is 32.6 Å². The van der Waals surface area contributed by atoms with Gasteiger partial charge >= 0.3 is 0 Å². The highest BCUT2D eigenvalue weighted by atomic mass is 16.5. The maximum Gasteiger partial charge on any atom is 0.182 e. The number of carbonyl (C=O) groups excluding carboxylic acids is 1. The van der Waals surface area contributed by atoms with Gasteiger partial charge in [0.25, 0.3) is 0 Å². The molecule has 1 aliphatic heterocycles. The second-order valence-corrected chi connectivity index (χ2v) is 4.22. The van der Waals surface area contributed by atoms with Crippen LogP contribution in [0.25, 0.3) is 0 Å². The Morgan fingerprint density at radius 1 is 1.50 bits per heavy atom. The molecule has 0 N–H and O–H groups in total. The molecule has 3 rings (SSSR count). The number of fused-ring (bicyclic) bond motifs is 1. The first kappa shape index (κ1) is 10.9. The first-order valence-corrected chi connectivity index (χ1v) is 5.74. The molecule has 6 nitrogen and oxygen atoms in total. The number of aromatic nitrogens is 4. The summed E-state index contributed by atoms with van der Waals surface area (Å²) in [5.41, 5.74) is 1.76. The highest BCUT2D eigenvalue weighted by Gasteiger charge is 2.16. The van der Waals surface area contributed by atoms with Gasteiger partial charge in [-0.25, -0.2) is 0 Å². The number of hydrogen-bond donors (Lipinski definition) is 0. The zero-order valence-corrected chi connectivity index (χ0v) is 9.96. The standard InChI is InChI=1S/C12H12N4O2/c1-16-14-12(13-15-16)7-10(17)8-2-3-11-9(6-8)4-5-18-11/h2-3,6H,4-5,7H2,1H3. The van der Waals surface area contributed by atoms with Gasteiger partial charge in [-0.05, 0) is 29.0 Å². The quantitative estimate of drug-likeness (QED) is 0.738. The molecule has 0 unspecified atom stereocenters. The van der Waals surface area contributed by atoms with Crippen molar-refractivity contribution in [3.8, 4) is 5.75 Å². The zero-order chi connectivity index (χ0) is 12.5. The van der Waals surface area contributed by atoms with Gasteiger partial charge in [0.15, 0.2) is 11.6 Å². The normalized spacial score (nSPS) is 13.2. The average molecular weight is 244 g/mol. The number of nitrogens with zero attached hydrogens (tertiary/aromatic N) is 4. The number of Topliss-reactive ketones (excluding diaryl/α,β-unsaturated/α-hetero) is 1. The monoisotopic (exact) mass is 244 g/mol. The number of aryl methyl sites for hydroxylation is 1. The van der Waals surface area contributed by atoms with Crippen LogP contribution in [0.5, 0.6) is 5.75 Å². The summed E-state index contributed by atoms with van der Waals surface area (Å²) in [6.45, 7) is 0.693. The van der Waals surface area contributed by atoms with E-state index in [9.17, 15) is 4.79 Å². The third-order valence-corrected chi connectivity index (χ3v) is 2.88. The fourth-order valence-electron chi connectivity index (χ4n) is 2.00. The minimum atomic E-state index is -0.00213. The lowest BCUT2D eigenvalue weighted by Gasteiger charge is -2.01. The Hall–Kier alpha value is -2.24. The predicted molar refractivity (Wildman–Crippen MR) is 62.5 cm³/mol. The number of ketones is 1.